The highest BCUT2D eigenvalue weighted by Gasteiger charge is 2.47. The lowest BCUT2D eigenvalue weighted by molar-refractivity contribution is -0.149. The number of thioether (sulfide) groups is 4. The number of amides is 2. The molecule has 0 spiro atoms. The molecule has 15 heteroatoms. The Morgan fingerprint density at radius 3 is 1.46 bits per heavy atom. The number of hydrazine groups is 1. The second-order valence-corrected chi connectivity index (χ2v) is 19.9. The van der Waals surface area contributed by atoms with Gasteiger partial charge in [0.2, 0.25) is 0 Å². The maximum Gasteiger partial charge on any atom is 0.350 e. The molecule has 2 amide bonds. The number of hydrogen-bond donors (Lipinski definition) is 0. The SMILES string of the molecule is CCCCOC(=O)C(C#N)=C1Sc2c(OC(=O)C(CC)CCCC)c3c(c(OC(=O)C(CC)CCCC)c2S1)SC(=C1C(=O)N(Cc2ccccc2)N(Cc2ccccc2)C1=O)S3. The number of benzene rings is 3. The molecule has 0 radical (unpaired) electrons. The summed E-state index contributed by atoms with van der Waals surface area (Å²) in [5.74, 6) is -3.15. The molecular formula is C48H53N3O8S4. The molecule has 11 nitrogen and oxygen atoms in total. The highest BCUT2D eigenvalue weighted by atomic mass is 32.2. The lowest BCUT2D eigenvalue weighted by Crippen LogP contribution is -2.39. The number of nitrogens with zero attached hydrogens (tertiary/aromatic N) is 3. The maximum absolute atomic E-state index is 14.7. The normalized spacial score (nSPS) is 15.3. The Kier molecular flexibility index (Phi) is 17.3. The molecule has 3 aliphatic heterocycles. The van der Waals surface area contributed by atoms with E-state index in [1.807, 2.05) is 87.5 Å². The zero-order valence-electron chi connectivity index (χ0n) is 36.4. The minimum atomic E-state index is -0.774. The van der Waals surface area contributed by atoms with Crippen LogP contribution < -0.4 is 9.47 Å². The molecule has 2 unspecified atom stereocenters. The van der Waals surface area contributed by atoms with E-state index in [0.717, 1.165) is 90.3 Å². The maximum atomic E-state index is 14.7. The summed E-state index contributed by atoms with van der Waals surface area (Å²) in [5.41, 5.74) is 1.42. The molecule has 6 rings (SSSR count). The Balaban J connectivity index is 1.52. The molecule has 3 aliphatic rings. The van der Waals surface area contributed by atoms with Gasteiger partial charge < -0.3 is 14.2 Å². The van der Waals surface area contributed by atoms with Crippen LogP contribution in [-0.2, 0) is 41.8 Å². The van der Waals surface area contributed by atoms with Gasteiger partial charge in [-0.05, 0) is 43.2 Å². The van der Waals surface area contributed by atoms with E-state index in [9.17, 15) is 29.2 Å². The first kappa shape index (κ1) is 47.8. The van der Waals surface area contributed by atoms with Gasteiger partial charge in [0.05, 0.1) is 59.6 Å². The summed E-state index contributed by atoms with van der Waals surface area (Å²) < 4.78 is 18.9. The van der Waals surface area contributed by atoms with Crippen LogP contribution in [0, 0.1) is 23.2 Å². The number of unbranched alkanes of at least 4 members (excludes halogenated alkanes) is 3. The van der Waals surface area contributed by atoms with Crippen LogP contribution in [0.2, 0.25) is 0 Å². The lowest BCUT2D eigenvalue weighted by atomic mass is 10.00. The average molecular weight is 928 g/mol. The van der Waals surface area contributed by atoms with Crippen molar-refractivity contribution in [1.29, 1.82) is 5.26 Å². The summed E-state index contributed by atoms with van der Waals surface area (Å²) >= 11 is 4.39. The fraction of sp³-hybridized carbons (Fsp3) is 0.417. The summed E-state index contributed by atoms with van der Waals surface area (Å²) in [7, 11) is 0. The molecule has 2 atom stereocenters. The van der Waals surface area contributed by atoms with E-state index in [4.69, 9.17) is 14.2 Å². The van der Waals surface area contributed by atoms with E-state index in [2.05, 4.69) is 13.8 Å². The van der Waals surface area contributed by atoms with Crippen molar-refractivity contribution >= 4 is 76.8 Å². The second-order valence-electron chi connectivity index (χ2n) is 15.3. The van der Waals surface area contributed by atoms with E-state index < -0.39 is 41.6 Å². The van der Waals surface area contributed by atoms with Gasteiger partial charge in [-0.2, -0.15) is 5.26 Å². The largest absolute Gasteiger partial charge is 0.462 e. The average Bonchev–Trinajstić information content (AvgIpc) is 3.98. The number of ether oxygens (including phenoxy) is 3. The molecule has 3 aromatic carbocycles. The van der Waals surface area contributed by atoms with Crippen molar-refractivity contribution < 1.29 is 38.2 Å². The van der Waals surface area contributed by atoms with Gasteiger partial charge in [0, 0.05) is 0 Å². The van der Waals surface area contributed by atoms with Crippen LogP contribution in [0.3, 0.4) is 0 Å². The smallest absolute Gasteiger partial charge is 0.350 e. The summed E-state index contributed by atoms with van der Waals surface area (Å²) in [6.45, 7) is 10.4. The van der Waals surface area contributed by atoms with Gasteiger partial charge in [-0.1, -0.05) is 174 Å². The molecule has 1 saturated heterocycles. The number of rotatable bonds is 20. The van der Waals surface area contributed by atoms with E-state index >= 15 is 0 Å². The summed E-state index contributed by atoms with van der Waals surface area (Å²) in [4.78, 5) is 72.5. The first-order valence-corrected chi connectivity index (χ1v) is 25.0. The van der Waals surface area contributed by atoms with Crippen molar-refractivity contribution in [1.82, 2.24) is 10.0 Å². The second kappa shape index (κ2) is 22.8. The highest BCUT2D eigenvalue weighted by Crippen LogP contribution is 2.69. The molecule has 0 bridgehead atoms. The number of hydrogen-bond acceptors (Lipinski definition) is 13. The quantitative estimate of drug-likeness (QED) is 0.0265. The summed E-state index contributed by atoms with van der Waals surface area (Å²) in [6.07, 6.45) is 7.18. The molecule has 0 saturated carbocycles. The molecule has 0 aliphatic carbocycles. The molecule has 1 fully saturated rings. The van der Waals surface area contributed by atoms with Gasteiger partial charge in [-0.3, -0.25) is 19.2 Å². The van der Waals surface area contributed by atoms with Crippen molar-refractivity contribution in [2.24, 2.45) is 11.8 Å². The Hall–Kier alpha value is -4.62. The topological polar surface area (TPSA) is 143 Å². The predicted octanol–water partition coefficient (Wildman–Crippen LogP) is 11.6. The van der Waals surface area contributed by atoms with Gasteiger partial charge in [-0.25, -0.2) is 14.8 Å². The van der Waals surface area contributed by atoms with Crippen LogP contribution in [0.4, 0.5) is 0 Å². The van der Waals surface area contributed by atoms with Gasteiger partial charge >= 0.3 is 17.9 Å². The fourth-order valence-electron chi connectivity index (χ4n) is 7.16. The lowest BCUT2D eigenvalue weighted by Gasteiger charge is -2.27. The van der Waals surface area contributed by atoms with Gasteiger partial charge in [0.25, 0.3) is 11.8 Å². The van der Waals surface area contributed by atoms with Crippen LogP contribution in [0.5, 0.6) is 11.5 Å². The van der Waals surface area contributed by atoms with Gasteiger partial charge in [0.15, 0.2) is 17.1 Å². The first-order valence-electron chi connectivity index (χ1n) is 21.7. The van der Waals surface area contributed by atoms with Crippen molar-refractivity contribution in [3.63, 3.8) is 0 Å². The van der Waals surface area contributed by atoms with Gasteiger partial charge in [-0.15, -0.1) is 0 Å². The zero-order valence-corrected chi connectivity index (χ0v) is 39.6. The van der Waals surface area contributed by atoms with Crippen molar-refractivity contribution in [3.05, 3.63) is 91.4 Å². The van der Waals surface area contributed by atoms with E-state index in [1.165, 1.54) is 10.0 Å². The monoisotopic (exact) mass is 927 g/mol. The third-order valence-corrected chi connectivity index (χ3v) is 16.1. The minimum Gasteiger partial charge on any atom is -0.462 e. The molecule has 332 valence electrons. The standard InChI is InChI=1S/C48H53N3O8S4/c1-6-11-24-32(9-4)44(54)58-36-38-39(61-47(60-38)34(27-49)46(56)57-26-13-8-3)37(59-45(55)33(10-5)25-12-7-2)41-40(36)62-48(63-41)35-42(52)50(28-30-20-16-14-17-21-30)51(43(35)53)29-31-22-18-15-19-23-31/h14-23,32-33H,6-13,24-26,28-29H2,1-5H3. The van der Waals surface area contributed by atoms with Crippen LogP contribution in [0.1, 0.15) is 110 Å². The Morgan fingerprint density at radius 2 is 1.06 bits per heavy atom. The number of nitriles is 1. The summed E-state index contributed by atoms with van der Waals surface area (Å²) in [6, 6.07) is 20.9. The predicted molar refractivity (Wildman–Crippen MR) is 247 cm³/mol. The third kappa shape index (κ3) is 11.0. The third-order valence-electron chi connectivity index (χ3n) is 10.9. The van der Waals surface area contributed by atoms with Crippen molar-refractivity contribution in [3.8, 4) is 17.6 Å². The van der Waals surface area contributed by atoms with E-state index in [-0.39, 0.29) is 42.3 Å². The van der Waals surface area contributed by atoms with E-state index in [0.29, 0.717) is 60.2 Å². The number of carbonyl (C=O) groups is 5. The van der Waals surface area contributed by atoms with Gasteiger partial charge in [0.1, 0.15) is 11.6 Å². The molecular weight excluding hydrogens is 875 g/mol. The van der Waals surface area contributed by atoms with Crippen LogP contribution in [0.25, 0.3) is 0 Å². The minimum absolute atomic E-state index is 0.0472. The number of fused-ring (bicyclic) bond motifs is 2. The molecule has 0 aromatic heterocycles. The Morgan fingerprint density at radius 1 is 0.635 bits per heavy atom. The molecule has 3 aromatic rings. The van der Waals surface area contributed by atoms with Crippen LogP contribution in [-0.4, -0.2) is 46.3 Å². The van der Waals surface area contributed by atoms with E-state index in [1.54, 1.807) is 0 Å². The molecule has 3 heterocycles. The highest BCUT2D eigenvalue weighted by molar-refractivity contribution is 8.26. The van der Waals surface area contributed by atoms with Crippen molar-refractivity contribution in [2.75, 3.05) is 6.61 Å². The summed E-state index contributed by atoms with van der Waals surface area (Å²) in [5, 5.41) is 13.2. The molecule has 0 N–H and O–H groups in total. The molecule has 63 heavy (non-hydrogen) atoms. The zero-order chi connectivity index (χ0) is 45.0. The number of esters is 3. The first-order chi connectivity index (χ1) is 30.6. The van der Waals surface area contributed by atoms with Crippen LogP contribution in [0.15, 0.2) is 99.9 Å². The van der Waals surface area contributed by atoms with Crippen LogP contribution >= 0.6 is 47.0 Å². The van der Waals surface area contributed by atoms with Crippen molar-refractivity contribution in [2.45, 2.75) is 131 Å². The fourth-order valence-corrected chi connectivity index (χ4v) is 12.6. The Labute approximate surface area is 387 Å². The Bertz CT molecular complexity index is 2180. The number of carbonyl (C=O) groups excluding carboxylic acids is 5.